The van der Waals surface area contributed by atoms with Gasteiger partial charge in [0.15, 0.2) is 18.1 Å². The molecule has 37 heavy (non-hydrogen) atoms. The molecule has 190 valence electrons. The second-order valence-corrected chi connectivity index (χ2v) is 9.27. The predicted molar refractivity (Wildman–Crippen MR) is 149 cm³/mol. The number of aryl methyl sites for hydroxylation is 1. The molecule has 2 N–H and O–H groups in total. The normalized spacial score (nSPS) is 10.9. The quantitative estimate of drug-likeness (QED) is 0.216. The zero-order valence-electron chi connectivity index (χ0n) is 20.5. The molecule has 0 atom stereocenters. The van der Waals surface area contributed by atoms with Crippen LogP contribution < -0.4 is 20.1 Å². The minimum Gasteiger partial charge on any atom is -0.490 e. The van der Waals surface area contributed by atoms with Crippen molar-refractivity contribution in [2.45, 2.75) is 20.8 Å². The van der Waals surface area contributed by atoms with Gasteiger partial charge in [0.2, 0.25) is 0 Å². The lowest BCUT2D eigenvalue weighted by Gasteiger charge is -2.15. The van der Waals surface area contributed by atoms with Gasteiger partial charge in [-0.1, -0.05) is 23.7 Å². The number of hydrogen-bond acceptors (Lipinski definition) is 5. The molecule has 0 heterocycles. The van der Waals surface area contributed by atoms with Gasteiger partial charge in [-0.2, -0.15) is 5.26 Å². The first kappa shape index (κ1) is 27.8. The van der Waals surface area contributed by atoms with Gasteiger partial charge in [-0.05, 0) is 102 Å². The van der Waals surface area contributed by atoms with Crippen molar-refractivity contribution in [1.82, 2.24) is 0 Å². The van der Waals surface area contributed by atoms with Crippen LogP contribution in [0.5, 0.6) is 11.5 Å². The third-order valence-corrected chi connectivity index (χ3v) is 6.18. The Hall–Kier alpha value is -3.80. The van der Waals surface area contributed by atoms with Crippen molar-refractivity contribution < 1.29 is 19.1 Å². The molecular weight excluding hydrogens is 558 g/mol. The topological polar surface area (TPSA) is 100 Å². The molecule has 3 aromatic rings. The largest absolute Gasteiger partial charge is 0.490 e. The maximum absolute atomic E-state index is 12.8. The maximum atomic E-state index is 12.8. The maximum Gasteiger partial charge on any atom is 0.266 e. The number of nitrogens with one attached hydrogen (secondary N) is 2. The number of halogens is 2. The van der Waals surface area contributed by atoms with Crippen molar-refractivity contribution in [2.24, 2.45) is 0 Å². The highest BCUT2D eigenvalue weighted by molar-refractivity contribution is 9.10. The van der Waals surface area contributed by atoms with Gasteiger partial charge in [0, 0.05) is 16.4 Å². The van der Waals surface area contributed by atoms with Crippen LogP contribution in [0.15, 0.2) is 64.6 Å². The van der Waals surface area contributed by atoms with Gasteiger partial charge in [0.05, 0.1) is 11.1 Å². The first-order chi connectivity index (χ1) is 17.7. The molecule has 0 aliphatic carbocycles. The average Bonchev–Trinajstić information content (AvgIpc) is 2.86. The first-order valence-electron chi connectivity index (χ1n) is 11.4. The van der Waals surface area contributed by atoms with E-state index in [4.69, 9.17) is 21.1 Å². The van der Waals surface area contributed by atoms with Crippen LogP contribution in [0, 0.1) is 25.2 Å². The van der Waals surface area contributed by atoms with Gasteiger partial charge in [-0.3, -0.25) is 9.59 Å². The van der Waals surface area contributed by atoms with E-state index in [0.29, 0.717) is 44.5 Å². The summed E-state index contributed by atoms with van der Waals surface area (Å²) in [5, 5.41) is 15.7. The van der Waals surface area contributed by atoms with Crippen LogP contribution >= 0.6 is 27.5 Å². The van der Waals surface area contributed by atoms with E-state index in [0.717, 1.165) is 11.1 Å². The Morgan fingerprint density at radius 3 is 2.49 bits per heavy atom. The Labute approximate surface area is 229 Å². The van der Waals surface area contributed by atoms with Gasteiger partial charge in [0.25, 0.3) is 11.8 Å². The summed E-state index contributed by atoms with van der Waals surface area (Å²) < 4.78 is 11.9. The molecule has 0 saturated heterocycles. The number of nitriles is 1. The third kappa shape index (κ3) is 7.59. The van der Waals surface area contributed by atoms with Crippen molar-refractivity contribution in [1.29, 1.82) is 5.26 Å². The Morgan fingerprint density at radius 2 is 1.81 bits per heavy atom. The molecule has 0 radical (unpaired) electrons. The standard InChI is InChI=1S/C28H25BrClN3O4/c1-4-36-25-14-19(12-20(15-31)28(35)33-24-7-5-6-17(2)18(24)3)13-23(29)27(25)37-16-26(34)32-22-10-8-21(30)9-11-22/h5-14H,4,16H2,1-3H3,(H,32,34)(H,33,35)/b20-12+. The van der Waals surface area contributed by atoms with Crippen LogP contribution in [0.4, 0.5) is 11.4 Å². The summed E-state index contributed by atoms with van der Waals surface area (Å²) in [4.78, 5) is 25.2. The summed E-state index contributed by atoms with van der Waals surface area (Å²) in [6.07, 6.45) is 1.46. The van der Waals surface area contributed by atoms with Crippen molar-refractivity contribution >= 4 is 56.8 Å². The lowest BCUT2D eigenvalue weighted by molar-refractivity contribution is -0.118. The SMILES string of the molecule is CCOc1cc(/C=C(\C#N)C(=O)Nc2cccc(C)c2C)cc(Br)c1OCC(=O)Nc1ccc(Cl)cc1. The second-order valence-electron chi connectivity index (χ2n) is 7.98. The number of ether oxygens (including phenoxy) is 2. The molecule has 0 aliphatic heterocycles. The molecule has 9 heteroatoms. The predicted octanol–water partition coefficient (Wildman–Crippen LogP) is 6.68. The van der Waals surface area contributed by atoms with Gasteiger partial charge >= 0.3 is 0 Å². The number of benzene rings is 3. The van der Waals surface area contributed by atoms with Crippen molar-refractivity contribution in [3.05, 3.63) is 86.4 Å². The van der Waals surface area contributed by atoms with E-state index in [-0.39, 0.29) is 18.1 Å². The lowest BCUT2D eigenvalue weighted by Crippen LogP contribution is -2.20. The highest BCUT2D eigenvalue weighted by Crippen LogP contribution is 2.37. The number of nitrogens with zero attached hydrogens (tertiary/aromatic N) is 1. The van der Waals surface area contributed by atoms with Gasteiger partial charge in [-0.15, -0.1) is 0 Å². The van der Waals surface area contributed by atoms with Crippen LogP contribution in [0.1, 0.15) is 23.6 Å². The van der Waals surface area contributed by atoms with E-state index >= 15 is 0 Å². The van der Waals surface area contributed by atoms with Crippen LogP contribution in [-0.4, -0.2) is 25.0 Å². The summed E-state index contributed by atoms with van der Waals surface area (Å²) in [7, 11) is 0. The highest BCUT2D eigenvalue weighted by Gasteiger charge is 2.16. The second kappa shape index (κ2) is 12.9. The monoisotopic (exact) mass is 581 g/mol. The van der Waals surface area contributed by atoms with Crippen LogP contribution in [0.25, 0.3) is 6.08 Å². The zero-order valence-corrected chi connectivity index (χ0v) is 22.9. The first-order valence-corrected chi connectivity index (χ1v) is 12.5. The van der Waals surface area contributed by atoms with Crippen LogP contribution in [-0.2, 0) is 9.59 Å². The average molecular weight is 583 g/mol. The van der Waals surface area contributed by atoms with E-state index < -0.39 is 5.91 Å². The number of carbonyl (C=O) groups excluding carboxylic acids is 2. The smallest absolute Gasteiger partial charge is 0.266 e. The van der Waals surface area contributed by atoms with E-state index in [2.05, 4.69) is 26.6 Å². The summed E-state index contributed by atoms with van der Waals surface area (Å²) >= 11 is 9.32. The number of anilines is 2. The van der Waals surface area contributed by atoms with E-state index in [9.17, 15) is 14.9 Å². The Bertz CT molecular complexity index is 1380. The highest BCUT2D eigenvalue weighted by atomic mass is 79.9. The molecule has 2 amide bonds. The minimum absolute atomic E-state index is 0.0775. The Morgan fingerprint density at radius 1 is 1.08 bits per heavy atom. The van der Waals surface area contributed by atoms with Crippen LogP contribution in [0.2, 0.25) is 5.02 Å². The number of amides is 2. The molecular formula is C28H25BrClN3O4. The fourth-order valence-electron chi connectivity index (χ4n) is 3.33. The molecule has 0 fully saturated rings. The summed E-state index contributed by atoms with van der Waals surface area (Å²) in [5.74, 6) is -0.210. The number of carbonyl (C=O) groups is 2. The van der Waals surface area contributed by atoms with Crippen molar-refractivity contribution in [2.75, 3.05) is 23.8 Å². The van der Waals surface area contributed by atoms with E-state index in [1.165, 1.54) is 6.08 Å². The lowest BCUT2D eigenvalue weighted by atomic mass is 10.1. The summed E-state index contributed by atoms with van der Waals surface area (Å²) in [6, 6.07) is 17.6. The Balaban J connectivity index is 1.78. The van der Waals surface area contributed by atoms with Gasteiger partial charge in [-0.25, -0.2) is 0 Å². The van der Waals surface area contributed by atoms with Gasteiger partial charge < -0.3 is 20.1 Å². The van der Waals surface area contributed by atoms with Crippen molar-refractivity contribution in [3.8, 4) is 17.6 Å². The molecule has 0 aromatic heterocycles. The molecule has 0 saturated carbocycles. The van der Waals surface area contributed by atoms with E-state index in [1.54, 1.807) is 42.5 Å². The molecule has 0 aliphatic rings. The molecule has 0 unspecified atom stereocenters. The fraction of sp³-hybridized carbons (Fsp3) is 0.179. The number of hydrogen-bond donors (Lipinski definition) is 2. The van der Waals surface area contributed by atoms with Crippen molar-refractivity contribution in [3.63, 3.8) is 0 Å². The molecule has 0 bridgehead atoms. The molecule has 0 spiro atoms. The molecule has 3 aromatic carbocycles. The van der Waals surface area contributed by atoms with Gasteiger partial charge in [0.1, 0.15) is 11.6 Å². The molecule has 3 rings (SSSR count). The van der Waals surface area contributed by atoms with Crippen LogP contribution in [0.3, 0.4) is 0 Å². The summed E-state index contributed by atoms with van der Waals surface area (Å²) in [6.45, 7) is 5.74. The molecule has 7 nitrogen and oxygen atoms in total. The Kier molecular flexibility index (Phi) is 9.72. The third-order valence-electron chi connectivity index (χ3n) is 5.34. The number of rotatable bonds is 9. The summed E-state index contributed by atoms with van der Waals surface area (Å²) in [5.41, 5.74) is 3.65. The zero-order chi connectivity index (χ0) is 26.9. The fourth-order valence-corrected chi connectivity index (χ4v) is 4.03. The van der Waals surface area contributed by atoms with E-state index in [1.807, 2.05) is 39.0 Å². The minimum atomic E-state index is -0.524.